The summed E-state index contributed by atoms with van der Waals surface area (Å²) in [6.07, 6.45) is 1.80. The van der Waals surface area contributed by atoms with Crippen molar-refractivity contribution in [3.8, 4) is 0 Å². The number of anilines is 1. The summed E-state index contributed by atoms with van der Waals surface area (Å²) in [6.45, 7) is 1.89. The highest BCUT2D eigenvalue weighted by molar-refractivity contribution is 9.10. The minimum absolute atomic E-state index is 0.0212. The highest BCUT2D eigenvalue weighted by Crippen LogP contribution is 2.45. The van der Waals surface area contributed by atoms with E-state index in [9.17, 15) is 4.79 Å². The monoisotopic (exact) mass is 287 g/mol. The second kappa shape index (κ2) is 3.80. The maximum absolute atomic E-state index is 11.8. The lowest BCUT2D eigenvalue weighted by Gasteiger charge is -2.11. The van der Waals surface area contributed by atoms with Gasteiger partial charge in [0.15, 0.2) is 0 Å². The topological polar surface area (TPSA) is 29.1 Å². The van der Waals surface area contributed by atoms with Crippen molar-refractivity contribution < 1.29 is 4.79 Å². The van der Waals surface area contributed by atoms with Gasteiger partial charge in [-0.3, -0.25) is 4.79 Å². The average Bonchev–Trinajstić information content (AvgIpc) is 2.93. The number of alkyl halides is 1. The number of carbonyl (C=O) groups is 1. The molecule has 1 aromatic rings. The van der Waals surface area contributed by atoms with Crippen LogP contribution in [-0.2, 0) is 4.79 Å². The third-order valence-electron chi connectivity index (χ3n) is 2.61. The third-order valence-corrected chi connectivity index (χ3v) is 4.17. The molecule has 0 saturated heterocycles. The van der Waals surface area contributed by atoms with Gasteiger partial charge < -0.3 is 5.32 Å². The van der Waals surface area contributed by atoms with Crippen LogP contribution in [0.5, 0.6) is 0 Å². The van der Waals surface area contributed by atoms with Gasteiger partial charge in [-0.05, 0) is 37.5 Å². The number of nitrogens with one attached hydrogen (secondary N) is 1. The van der Waals surface area contributed by atoms with E-state index in [0.717, 1.165) is 24.1 Å². The molecular weight excluding hydrogens is 277 g/mol. The second-order valence-corrected chi connectivity index (χ2v) is 5.76. The molecule has 0 spiro atoms. The van der Waals surface area contributed by atoms with Crippen LogP contribution in [0.3, 0.4) is 0 Å². The Hall–Kier alpha value is -0.540. The van der Waals surface area contributed by atoms with Crippen molar-refractivity contribution in [2.24, 2.45) is 0 Å². The number of rotatable bonds is 2. The van der Waals surface area contributed by atoms with Gasteiger partial charge in [0.1, 0.15) is 4.32 Å². The van der Waals surface area contributed by atoms with Crippen molar-refractivity contribution in [3.05, 3.63) is 28.8 Å². The molecular formula is C11H11BrClNO. The minimum Gasteiger partial charge on any atom is -0.325 e. The van der Waals surface area contributed by atoms with Gasteiger partial charge in [0.25, 0.3) is 0 Å². The summed E-state index contributed by atoms with van der Waals surface area (Å²) in [6, 6.07) is 5.50. The first-order valence-electron chi connectivity index (χ1n) is 4.78. The van der Waals surface area contributed by atoms with Gasteiger partial charge in [-0.1, -0.05) is 33.6 Å². The van der Waals surface area contributed by atoms with Crippen LogP contribution in [0, 0.1) is 6.92 Å². The van der Waals surface area contributed by atoms with Crippen molar-refractivity contribution in [2.45, 2.75) is 24.1 Å². The number of halogens is 2. The Morgan fingerprint density at radius 2 is 2.20 bits per heavy atom. The molecule has 1 aliphatic rings. The predicted molar refractivity (Wildman–Crippen MR) is 65.7 cm³/mol. The Bertz CT molecular complexity index is 415. The molecule has 1 fully saturated rings. The lowest BCUT2D eigenvalue weighted by atomic mass is 10.2. The van der Waals surface area contributed by atoms with Crippen LogP contribution in [0.4, 0.5) is 5.69 Å². The van der Waals surface area contributed by atoms with Crippen LogP contribution >= 0.6 is 27.5 Å². The lowest BCUT2D eigenvalue weighted by Crippen LogP contribution is -2.24. The molecule has 1 aromatic carbocycles. The predicted octanol–water partition coefficient (Wildman–Crippen LogP) is 3.51. The summed E-state index contributed by atoms with van der Waals surface area (Å²) >= 11 is 9.37. The Balaban J connectivity index is 2.17. The number of hydrogen-bond donors (Lipinski definition) is 1. The molecule has 0 aromatic heterocycles. The lowest BCUT2D eigenvalue weighted by molar-refractivity contribution is -0.116. The summed E-state index contributed by atoms with van der Waals surface area (Å²) in [7, 11) is 0. The molecule has 0 atom stereocenters. The van der Waals surface area contributed by atoms with Crippen LogP contribution in [-0.4, -0.2) is 10.2 Å². The summed E-state index contributed by atoms with van der Waals surface area (Å²) in [5.74, 6) is 0.0212. The number of carbonyl (C=O) groups excluding carboxylic acids is 1. The van der Waals surface area contributed by atoms with Gasteiger partial charge in [-0.15, -0.1) is 0 Å². The van der Waals surface area contributed by atoms with Crippen LogP contribution in [0.1, 0.15) is 18.4 Å². The first kappa shape index (κ1) is 11.0. The van der Waals surface area contributed by atoms with Crippen molar-refractivity contribution in [1.82, 2.24) is 0 Å². The van der Waals surface area contributed by atoms with E-state index >= 15 is 0 Å². The summed E-state index contributed by atoms with van der Waals surface area (Å²) in [4.78, 5) is 11.8. The van der Waals surface area contributed by atoms with Crippen LogP contribution in [0.2, 0.25) is 5.02 Å². The highest BCUT2D eigenvalue weighted by Gasteiger charge is 2.47. The molecule has 4 heteroatoms. The molecule has 1 amide bonds. The zero-order valence-corrected chi connectivity index (χ0v) is 10.7. The molecule has 2 rings (SSSR count). The molecule has 1 saturated carbocycles. The summed E-state index contributed by atoms with van der Waals surface area (Å²) < 4.78 is -0.332. The zero-order chi connectivity index (χ0) is 11.1. The Kier molecular flexibility index (Phi) is 2.77. The largest absolute Gasteiger partial charge is 0.325 e. The van der Waals surface area contributed by atoms with E-state index in [0.29, 0.717) is 5.02 Å². The van der Waals surface area contributed by atoms with Gasteiger partial charge in [0, 0.05) is 10.7 Å². The van der Waals surface area contributed by atoms with Crippen molar-refractivity contribution in [3.63, 3.8) is 0 Å². The molecule has 1 N–H and O–H groups in total. The molecule has 1 aliphatic carbocycles. The SMILES string of the molecule is Cc1c(Cl)cccc1NC(=O)C1(Br)CC1. The standard InChI is InChI=1S/C11H11BrClNO/c1-7-8(13)3-2-4-9(7)14-10(15)11(12)5-6-11/h2-4H,5-6H2,1H3,(H,14,15). The first-order chi connectivity index (χ1) is 7.03. The molecule has 0 heterocycles. The van der Waals surface area contributed by atoms with Crippen LogP contribution in [0.15, 0.2) is 18.2 Å². The third kappa shape index (κ3) is 2.18. The van der Waals surface area contributed by atoms with E-state index in [1.54, 1.807) is 0 Å². The number of amides is 1. The van der Waals surface area contributed by atoms with Crippen LogP contribution in [0.25, 0.3) is 0 Å². The smallest absolute Gasteiger partial charge is 0.241 e. The van der Waals surface area contributed by atoms with Crippen LogP contribution < -0.4 is 5.32 Å². The molecule has 0 unspecified atom stereocenters. The fraction of sp³-hybridized carbons (Fsp3) is 0.364. The van der Waals surface area contributed by atoms with E-state index in [-0.39, 0.29) is 10.2 Å². The molecule has 15 heavy (non-hydrogen) atoms. The maximum atomic E-state index is 11.8. The normalized spacial score (nSPS) is 17.3. The van der Waals surface area contributed by atoms with Gasteiger partial charge in [-0.25, -0.2) is 0 Å². The first-order valence-corrected chi connectivity index (χ1v) is 5.95. The highest BCUT2D eigenvalue weighted by atomic mass is 79.9. The fourth-order valence-electron chi connectivity index (χ4n) is 1.31. The minimum atomic E-state index is -0.332. The second-order valence-electron chi connectivity index (χ2n) is 3.83. The Morgan fingerprint density at radius 1 is 1.53 bits per heavy atom. The number of benzene rings is 1. The van der Waals surface area contributed by atoms with E-state index in [1.807, 2.05) is 25.1 Å². The molecule has 0 radical (unpaired) electrons. The van der Waals surface area contributed by atoms with E-state index in [1.165, 1.54) is 0 Å². The van der Waals surface area contributed by atoms with Crippen molar-refractivity contribution in [1.29, 1.82) is 0 Å². The fourth-order valence-corrected chi connectivity index (χ4v) is 1.79. The summed E-state index contributed by atoms with van der Waals surface area (Å²) in [5.41, 5.74) is 1.70. The maximum Gasteiger partial charge on any atom is 0.241 e. The molecule has 0 bridgehead atoms. The zero-order valence-electron chi connectivity index (χ0n) is 8.31. The Labute approximate surface area is 102 Å². The van der Waals surface area contributed by atoms with E-state index in [2.05, 4.69) is 21.2 Å². The van der Waals surface area contributed by atoms with Crippen molar-refractivity contribution >= 4 is 39.1 Å². The molecule has 2 nitrogen and oxygen atoms in total. The molecule has 80 valence electrons. The quantitative estimate of drug-likeness (QED) is 0.829. The van der Waals surface area contributed by atoms with E-state index < -0.39 is 0 Å². The average molecular weight is 289 g/mol. The van der Waals surface area contributed by atoms with Gasteiger partial charge in [-0.2, -0.15) is 0 Å². The van der Waals surface area contributed by atoms with Gasteiger partial charge >= 0.3 is 0 Å². The molecule has 0 aliphatic heterocycles. The number of hydrogen-bond acceptors (Lipinski definition) is 1. The van der Waals surface area contributed by atoms with E-state index in [4.69, 9.17) is 11.6 Å². The summed E-state index contributed by atoms with van der Waals surface area (Å²) in [5, 5.41) is 3.56. The Morgan fingerprint density at radius 3 is 2.80 bits per heavy atom. The van der Waals surface area contributed by atoms with Crippen molar-refractivity contribution in [2.75, 3.05) is 5.32 Å². The van der Waals surface area contributed by atoms with Gasteiger partial charge in [0.2, 0.25) is 5.91 Å². The van der Waals surface area contributed by atoms with Gasteiger partial charge in [0.05, 0.1) is 0 Å².